The fourth-order valence-corrected chi connectivity index (χ4v) is 3.90. The lowest BCUT2D eigenvalue weighted by Crippen LogP contribution is -2.41. The first kappa shape index (κ1) is 17.5. The van der Waals surface area contributed by atoms with E-state index in [-0.39, 0.29) is 6.10 Å². The Morgan fingerprint density at radius 3 is 2.79 bits per heavy atom. The van der Waals surface area contributed by atoms with Gasteiger partial charge >= 0.3 is 0 Å². The average Bonchev–Trinajstić information content (AvgIpc) is 3.07. The first-order chi connectivity index (χ1) is 11.7. The van der Waals surface area contributed by atoms with E-state index in [1.165, 1.54) is 12.8 Å². The normalized spacial score (nSPS) is 17.9. The highest BCUT2D eigenvalue weighted by molar-refractivity contribution is 7.13. The molecule has 1 aliphatic heterocycles. The number of aromatic nitrogens is 1. The topological polar surface area (TPSA) is 48.4 Å². The van der Waals surface area contributed by atoms with Crippen LogP contribution in [-0.4, -0.2) is 47.3 Å². The van der Waals surface area contributed by atoms with Crippen molar-refractivity contribution in [2.45, 2.75) is 32.4 Å². The Morgan fingerprint density at radius 2 is 2.04 bits per heavy atom. The van der Waals surface area contributed by atoms with Gasteiger partial charge in [-0.3, -0.25) is 0 Å². The minimum atomic E-state index is -0.314. The molecule has 1 aromatic heterocycles. The quantitative estimate of drug-likeness (QED) is 0.810. The Labute approximate surface area is 148 Å². The monoisotopic (exact) mass is 345 g/mol. The Kier molecular flexibility index (Phi) is 6.37. The van der Waals surface area contributed by atoms with E-state index in [2.05, 4.69) is 39.6 Å². The molecule has 130 valence electrons. The highest BCUT2D eigenvalue weighted by Gasteiger charge is 2.18. The van der Waals surface area contributed by atoms with Crippen molar-refractivity contribution >= 4 is 11.3 Å². The number of likely N-dealkylation sites (tertiary alicyclic amines) is 1. The molecule has 3 rings (SSSR count). The molecule has 1 fully saturated rings. The molecule has 2 N–H and O–H groups in total. The molecule has 0 radical (unpaired) electrons. The second kappa shape index (κ2) is 8.72. The van der Waals surface area contributed by atoms with E-state index in [1.807, 2.05) is 18.2 Å². The van der Waals surface area contributed by atoms with Gasteiger partial charge < -0.3 is 15.3 Å². The van der Waals surface area contributed by atoms with Gasteiger partial charge in [-0.2, -0.15) is 0 Å². The van der Waals surface area contributed by atoms with Gasteiger partial charge in [0.25, 0.3) is 0 Å². The van der Waals surface area contributed by atoms with Crippen LogP contribution < -0.4 is 5.32 Å². The summed E-state index contributed by atoms with van der Waals surface area (Å²) in [6.45, 7) is 6.64. The number of β-amino-alcohol motifs (C(OH)–C–C–N with tert-alkyl or cyclic N) is 1. The average molecular weight is 346 g/mol. The van der Waals surface area contributed by atoms with Crippen molar-refractivity contribution < 1.29 is 5.11 Å². The van der Waals surface area contributed by atoms with Crippen LogP contribution in [0.3, 0.4) is 0 Å². The van der Waals surface area contributed by atoms with Crippen LogP contribution in [0.5, 0.6) is 0 Å². The Hall–Kier alpha value is -1.27. The molecule has 5 heteroatoms. The number of hydrogen-bond acceptors (Lipinski definition) is 5. The molecule has 1 unspecified atom stereocenters. The van der Waals surface area contributed by atoms with Crippen LogP contribution >= 0.6 is 11.3 Å². The van der Waals surface area contributed by atoms with E-state index in [1.54, 1.807) is 11.3 Å². The minimum absolute atomic E-state index is 0.314. The zero-order chi connectivity index (χ0) is 16.8. The van der Waals surface area contributed by atoms with Crippen LogP contribution in [0.2, 0.25) is 0 Å². The fraction of sp³-hybridized carbons (Fsp3) is 0.526. The number of thiazole rings is 1. The summed E-state index contributed by atoms with van der Waals surface area (Å²) in [5.41, 5.74) is 2.20. The molecule has 1 aromatic carbocycles. The van der Waals surface area contributed by atoms with E-state index < -0.39 is 0 Å². The number of rotatable bonds is 7. The predicted octanol–water partition coefficient (Wildman–Crippen LogP) is 2.99. The molecule has 24 heavy (non-hydrogen) atoms. The van der Waals surface area contributed by atoms with Crippen LogP contribution in [0.4, 0.5) is 0 Å². The molecule has 0 saturated carbocycles. The lowest BCUT2D eigenvalue weighted by Gasteiger charge is -2.31. The van der Waals surface area contributed by atoms with E-state index in [0.717, 1.165) is 41.8 Å². The van der Waals surface area contributed by atoms with Gasteiger partial charge in [-0.25, -0.2) is 4.98 Å². The third-order valence-electron chi connectivity index (χ3n) is 4.60. The summed E-state index contributed by atoms with van der Waals surface area (Å²) in [4.78, 5) is 7.04. The number of hydrogen-bond donors (Lipinski definition) is 2. The number of nitrogens with zero attached hydrogens (tertiary/aromatic N) is 2. The molecular weight excluding hydrogens is 318 g/mol. The van der Waals surface area contributed by atoms with Crippen molar-refractivity contribution in [1.82, 2.24) is 15.2 Å². The summed E-state index contributed by atoms with van der Waals surface area (Å²) < 4.78 is 0. The summed E-state index contributed by atoms with van der Waals surface area (Å²) in [5.74, 6) is 0.833. The van der Waals surface area contributed by atoms with Gasteiger partial charge in [-0.05, 0) is 31.8 Å². The van der Waals surface area contributed by atoms with E-state index >= 15 is 0 Å². The lowest BCUT2D eigenvalue weighted by molar-refractivity contribution is 0.0906. The molecule has 1 saturated heterocycles. The first-order valence-electron chi connectivity index (χ1n) is 8.81. The molecular formula is C19H27N3OS. The molecule has 2 heterocycles. The maximum Gasteiger partial charge on any atom is 0.123 e. The molecule has 0 aliphatic carbocycles. The van der Waals surface area contributed by atoms with Crippen LogP contribution in [0.25, 0.3) is 10.6 Å². The predicted molar refractivity (Wildman–Crippen MR) is 100 cm³/mol. The third kappa shape index (κ3) is 5.11. The van der Waals surface area contributed by atoms with Crippen LogP contribution in [-0.2, 0) is 6.54 Å². The summed E-state index contributed by atoms with van der Waals surface area (Å²) >= 11 is 1.67. The molecule has 0 bridgehead atoms. The molecule has 0 amide bonds. The van der Waals surface area contributed by atoms with Gasteiger partial charge in [0.15, 0.2) is 0 Å². The summed E-state index contributed by atoms with van der Waals surface area (Å²) in [5, 5.41) is 16.7. The van der Waals surface area contributed by atoms with E-state index in [9.17, 15) is 5.11 Å². The van der Waals surface area contributed by atoms with Crippen LogP contribution in [0.1, 0.15) is 25.5 Å². The van der Waals surface area contributed by atoms with E-state index in [4.69, 9.17) is 0 Å². The van der Waals surface area contributed by atoms with Gasteiger partial charge in [-0.15, -0.1) is 11.3 Å². The van der Waals surface area contributed by atoms with Crippen molar-refractivity contribution in [1.29, 1.82) is 0 Å². The van der Waals surface area contributed by atoms with Crippen LogP contribution in [0.15, 0.2) is 35.7 Å². The summed E-state index contributed by atoms with van der Waals surface area (Å²) in [6, 6.07) is 10.3. The number of benzene rings is 1. The maximum atomic E-state index is 10.2. The molecule has 1 aliphatic rings. The Bertz CT molecular complexity index is 608. The van der Waals surface area contributed by atoms with Crippen molar-refractivity contribution in [3.05, 3.63) is 41.4 Å². The van der Waals surface area contributed by atoms with Crippen molar-refractivity contribution in [3.8, 4) is 10.6 Å². The number of piperidine rings is 1. The lowest BCUT2D eigenvalue weighted by atomic mass is 9.99. The van der Waals surface area contributed by atoms with Gasteiger partial charge in [0.1, 0.15) is 5.01 Å². The zero-order valence-corrected chi connectivity index (χ0v) is 15.1. The molecule has 1 atom stereocenters. The van der Waals surface area contributed by atoms with Gasteiger partial charge in [-0.1, -0.05) is 37.3 Å². The highest BCUT2D eigenvalue weighted by Crippen LogP contribution is 2.23. The number of aliphatic hydroxyl groups is 1. The second-order valence-corrected chi connectivity index (χ2v) is 7.64. The van der Waals surface area contributed by atoms with Crippen molar-refractivity contribution in [2.75, 3.05) is 26.2 Å². The molecule has 4 nitrogen and oxygen atoms in total. The molecule has 2 aromatic rings. The highest BCUT2D eigenvalue weighted by atomic mass is 32.1. The maximum absolute atomic E-state index is 10.2. The Morgan fingerprint density at radius 1 is 1.29 bits per heavy atom. The summed E-state index contributed by atoms with van der Waals surface area (Å²) in [7, 11) is 0. The number of nitrogens with one attached hydrogen (secondary N) is 1. The van der Waals surface area contributed by atoms with Crippen molar-refractivity contribution in [2.24, 2.45) is 5.92 Å². The largest absolute Gasteiger partial charge is 0.390 e. The first-order valence-corrected chi connectivity index (χ1v) is 9.69. The minimum Gasteiger partial charge on any atom is -0.390 e. The molecule has 0 spiro atoms. The SMILES string of the molecule is CC1CCN(CC(O)CNCc2csc(-c3ccccc3)n2)CC1. The zero-order valence-electron chi connectivity index (χ0n) is 14.3. The van der Waals surface area contributed by atoms with E-state index in [0.29, 0.717) is 13.1 Å². The second-order valence-electron chi connectivity index (χ2n) is 6.78. The third-order valence-corrected chi connectivity index (χ3v) is 5.54. The van der Waals surface area contributed by atoms with Gasteiger partial charge in [0.05, 0.1) is 11.8 Å². The van der Waals surface area contributed by atoms with Crippen LogP contribution in [0, 0.1) is 5.92 Å². The standard InChI is InChI=1S/C19H27N3OS/c1-15-7-9-22(10-8-15)13-18(23)12-20-11-17-14-24-19(21-17)16-5-3-2-4-6-16/h2-6,14-15,18,20,23H,7-13H2,1H3. The Balaban J connectivity index is 1.39. The van der Waals surface area contributed by atoms with Crippen molar-refractivity contribution in [3.63, 3.8) is 0 Å². The van der Waals surface area contributed by atoms with Gasteiger partial charge in [0.2, 0.25) is 0 Å². The fourth-order valence-electron chi connectivity index (χ4n) is 3.08. The smallest absolute Gasteiger partial charge is 0.123 e. The number of aliphatic hydroxyl groups excluding tert-OH is 1. The summed E-state index contributed by atoms with van der Waals surface area (Å²) in [6.07, 6.45) is 2.19. The van der Waals surface area contributed by atoms with Gasteiger partial charge in [0, 0.05) is 30.6 Å².